The van der Waals surface area contributed by atoms with Gasteiger partial charge >= 0.3 is 0 Å². The second kappa shape index (κ2) is 4.72. The minimum atomic E-state index is 0.0663. The molecule has 5 heteroatoms. The Morgan fingerprint density at radius 2 is 2.53 bits per heavy atom. The number of nitrogens with one attached hydrogen (secondary N) is 2. The minimum Gasteiger partial charge on any atom is -0.311 e. The van der Waals surface area contributed by atoms with Crippen molar-refractivity contribution in [1.82, 2.24) is 10.3 Å². The topological polar surface area (TPSA) is 54.0 Å². The van der Waals surface area contributed by atoms with Gasteiger partial charge in [-0.05, 0) is 6.42 Å². The maximum Gasteiger partial charge on any atom is 0.226 e. The highest BCUT2D eigenvalue weighted by atomic mass is 32.1. The monoisotopic (exact) mass is 225 g/mol. The summed E-state index contributed by atoms with van der Waals surface area (Å²) in [5.74, 6) is 0.0663. The van der Waals surface area contributed by atoms with Crippen molar-refractivity contribution < 1.29 is 4.79 Å². The van der Waals surface area contributed by atoms with E-state index >= 15 is 0 Å². The summed E-state index contributed by atoms with van der Waals surface area (Å²) in [7, 11) is 0. The molecule has 1 aliphatic heterocycles. The quantitative estimate of drug-likeness (QED) is 0.820. The fourth-order valence-corrected chi connectivity index (χ4v) is 2.58. The van der Waals surface area contributed by atoms with E-state index in [1.54, 1.807) is 11.3 Å². The third-order valence-corrected chi connectivity index (χ3v) is 3.34. The largest absolute Gasteiger partial charge is 0.311 e. The van der Waals surface area contributed by atoms with Crippen molar-refractivity contribution >= 4 is 22.4 Å². The van der Waals surface area contributed by atoms with E-state index in [-0.39, 0.29) is 5.91 Å². The number of amides is 1. The summed E-state index contributed by atoms with van der Waals surface area (Å²) < 4.78 is 0. The van der Waals surface area contributed by atoms with Gasteiger partial charge in [-0.25, -0.2) is 4.98 Å². The van der Waals surface area contributed by atoms with E-state index in [2.05, 4.69) is 15.6 Å². The lowest BCUT2D eigenvalue weighted by Gasteiger charge is -2.09. The summed E-state index contributed by atoms with van der Waals surface area (Å²) >= 11 is 1.58. The zero-order valence-corrected chi connectivity index (χ0v) is 9.62. The van der Waals surface area contributed by atoms with Crippen LogP contribution in [0.1, 0.15) is 30.3 Å². The second-order valence-corrected chi connectivity index (χ2v) is 4.70. The minimum absolute atomic E-state index is 0.0663. The predicted octanol–water partition coefficient (Wildman–Crippen LogP) is 1.53. The SMILES string of the molecule is CCCC(=O)Nc1nc2c(s1)CNCC2. The van der Waals surface area contributed by atoms with Gasteiger partial charge in [0.1, 0.15) is 0 Å². The van der Waals surface area contributed by atoms with E-state index in [9.17, 15) is 4.79 Å². The Balaban J connectivity index is 2.03. The zero-order valence-electron chi connectivity index (χ0n) is 8.80. The Morgan fingerprint density at radius 3 is 3.27 bits per heavy atom. The van der Waals surface area contributed by atoms with Crippen molar-refractivity contribution in [2.24, 2.45) is 0 Å². The average molecular weight is 225 g/mol. The van der Waals surface area contributed by atoms with Crippen LogP contribution in [0.2, 0.25) is 0 Å². The van der Waals surface area contributed by atoms with Gasteiger partial charge in [0.05, 0.1) is 5.69 Å². The molecular formula is C10H15N3OS. The molecule has 0 spiro atoms. The molecule has 0 atom stereocenters. The molecule has 0 fully saturated rings. The first-order valence-electron chi connectivity index (χ1n) is 5.28. The summed E-state index contributed by atoms with van der Waals surface area (Å²) in [4.78, 5) is 17.0. The first-order valence-corrected chi connectivity index (χ1v) is 6.10. The van der Waals surface area contributed by atoms with Gasteiger partial charge in [0.25, 0.3) is 0 Å². The van der Waals surface area contributed by atoms with Gasteiger partial charge in [0, 0.05) is 30.8 Å². The Labute approximate surface area is 93.1 Å². The van der Waals surface area contributed by atoms with Gasteiger partial charge in [-0.2, -0.15) is 0 Å². The molecule has 2 rings (SSSR count). The summed E-state index contributed by atoms with van der Waals surface area (Å²) in [6.07, 6.45) is 2.41. The molecule has 4 nitrogen and oxygen atoms in total. The smallest absolute Gasteiger partial charge is 0.226 e. The summed E-state index contributed by atoms with van der Waals surface area (Å²) in [5.41, 5.74) is 1.14. The van der Waals surface area contributed by atoms with E-state index in [1.807, 2.05) is 6.92 Å². The molecule has 2 heterocycles. The predicted molar refractivity (Wildman–Crippen MR) is 61.1 cm³/mol. The normalized spacial score (nSPS) is 14.7. The first-order chi connectivity index (χ1) is 7.29. The van der Waals surface area contributed by atoms with E-state index in [1.165, 1.54) is 4.88 Å². The van der Waals surface area contributed by atoms with Crippen molar-refractivity contribution in [2.75, 3.05) is 11.9 Å². The van der Waals surface area contributed by atoms with Gasteiger partial charge in [-0.3, -0.25) is 4.79 Å². The number of anilines is 1. The molecule has 1 aromatic rings. The molecule has 2 N–H and O–H groups in total. The van der Waals surface area contributed by atoms with Crippen LogP contribution in [0.3, 0.4) is 0 Å². The molecule has 0 bridgehead atoms. The Morgan fingerprint density at radius 1 is 1.67 bits per heavy atom. The van der Waals surface area contributed by atoms with E-state index in [0.29, 0.717) is 6.42 Å². The second-order valence-electron chi connectivity index (χ2n) is 3.61. The van der Waals surface area contributed by atoms with Crippen LogP contribution in [0, 0.1) is 0 Å². The number of carbonyl (C=O) groups is 1. The maximum atomic E-state index is 11.4. The van der Waals surface area contributed by atoms with Crippen LogP contribution in [0.15, 0.2) is 0 Å². The Kier molecular flexibility index (Phi) is 3.33. The van der Waals surface area contributed by atoms with Gasteiger partial charge in [0.15, 0.2) is 5.13 Å². The number of carbonyl (C=O) groups excluding carboxylic acids is 1. The number of hydrogen-bond acceptors (Lipinski definition) is 4. The summed E-state index contributed by atoms with van der Waals surface area (Å²) in [5, 5.41) is 6.88. The van der Waals surface area contributed by atoms with Crippen LogP contribution in [-0.4, -0.2) is 17.4 Å². The average Bonchev–Trinajstić information content (AvgIpc) is 2.59. The van der Waals surface area contributed by atoms with Crippen molar-refractivity contribution in [3.63, 3.8) is 0 Å². The van der Waals surface area contributed by atoms with Crippen molar-refractivity contribution in [1.29, 1.82) is 0 Å². The molecule has 1 aliphatic rings. The van der Waals surface area contributed by atoms with Gasteiger partial charge < -0.3 is 10.6 Å². The number of aromatic nitrogens is 1. The fraction of sp³-hybridized carbons (Fsp3) is 0.600. The van der Waals surface area contributed by atoms with Crippen LogP contribution >= 0.6 is 11.3 Å². The number of hydrogen-bond donors (Lipinski definition) is 2. The van der Waals surface area contributed by atoms with E-state index < -0.39 is 0 Å². The number of rotatable bonds is 3. The standard InChI is InChI=1S/C10H15N3OS/c1-2-3-9(14)13-10-12-7-4-5-11-6-8(7)15-10/h11H,2-6H2,1H3,(H,12,13,14). The molecule has 0 aromatic carbocycles. The van der Waals surface area contributed by atoms with Crippen LogP contribution in [0.4, 0.5) is 5.13 Å². The van der Waals surface area contributed by atoms with E-state index in [0.717, 1.165) is 36.8 Å². The van der Waals surface area contributed by atoms with Gasteiger partial charge in [-0.15, -0.1) is 11.3 Å². The molecule has 0 saturated heterocycles. The summed E-state index contributed by atoms with van der Waals surface area (Å²) in [6, 6.07) is 0. The number of thiazole rings is 1. The highest BCUT2D eigenvalue weighted by Crippen LogP contribution is 2.25. The molecule has 0 radical (unpaired) electrons. The summed E-state index contributed by atoms with van der Waals surface area (Å²) in [6.45, 7) is 3.87. The molecular weight excluding hydrogens is 210 g/mol. The first kappa shape index (κ1) is 10.6. The van der Waals surface area contributed by atoms with E-state index in [4.69, 9.17) is 0 Å². The maximum absolute atomic E-state index is 11.4. The molecule has 15 heavy (non-hydrogen) atoms. The number of fused-ring (bicyclic) bond motifs is 1. The lowest BCUT2D eigenvalue weighted by molar-refractivity contribution is -0.116. The van der Waals surface area contributed by atoms with Crippen LogP contribution in [-0.2, 0) is 17.8 Å². The lowest BCUT2D eigenvalue weighted by Crippen LogP contribution is -2.22. The fourth-order valence-electron chi connectivity index (χ4n) is 1.59. The Hall–Kier alpha value is -0.940. The van der Waals surface area contributed by atoms with Crippen LogP contribution < -0.4 is 10.6 Å². The number of nitrogens with zero attached hydrogens (tertiary/aromatic N) is 1. The van der Waals surface area contributed by atoms with Crippen molar-refractivity contribution in [2.45, 2.75) is 32.7 Å². The van der Waals surface area contributed by atoms with Gasteiger partial charge in [0.2, 0.25) is 5.91 Å². The Bertz CT molecular complexity index is 338. The van der Waals surface area contributed by atoms with Crippen LogP contribution in [0.5, 0.6) is 0 Å². The highest BCUT2D eigenvalue weighted by Gasteiger charge is 2.15. The van der Waals surface area contributed by atoms with Crippen molar-refractivity contribution in [3.8, 4) is 0 Å². The molecule has 82 valence electrons. The third-order valence-electron chi connectivity index (χ3n) is 2.33. The molecule has 0 saturated carbocycles. The van der Waals surface area contributed by atoms with Crippen LogP contribution in [0.25, 0.3) is 0 Å². The lowest BCUT2D eigenvalue weighted by atomic mass is 10.2. The third kappa shape index (κ3) is 2.54. The molecule has 0 aliphatic carbocycles. The zero-order chi connectivity index (χ0) is 10.7. The van der Waals surface area contributed by atoms with Gasteiger partial charge in [-0.1, -0.05) is 6.92 Å². The highest BCUT2D eigenvalue weighted by molar-refractivity contribution is 7.15. The molecule has 0 unspecified atom stereocenters. The molecule has 1 aromatic heterocycles. The molecule has 1 amide bonds. The van der Waals surface area contributed by atoms with Crippen molar-refractivity contribution in [3.05, 3.63) is 10.6 Å².